The summed E-state index contributed by atoms with van der Waals surface area (Å²) in [4.78, 5) is 0. The Morgan fingerprint density at radius 2 is 1.71 bits per heavy atom. The average molecular weight is 319 g/mol. The molecule has 0 aromatic rings. The van der Waals surface area contributed by atoms with Crippen LogP contribution in [-0.4, -0.2) is 0 Å². The third-order valence-electron chi connectivity index (χ3n) is 5.02. The Hall–Kier alpha value is -2.08. The van der Waals surface area contributed by atoms with Gasteiger partial charge in [-0.3, -0.25) is 0 Å². The Kier molecular flexibility index (Phi) is 5.49. The lowest BCUT2D eigenvalue weighted by molar-refractivity contribution is 0.885. The Morgan fingerprint density at radius 3 is 2.29 bits per heavy atom. The lowest BCUT2D eigenvalue weighted by Gasteiger charge is -2.18. The fourth-order valence-electron chi connectivity index (χ4n) is 3.42. The van der Waals surface area contributed by atoms with Crippen molar-refractivity contribution in [1.29, 1.82) is 0 Å². The molecule has 126 valence electrons. The van der Waals surface area contributed by atoms with Crippen LogP contribution in [-0.2, 0) is 0 Å². The van der Waals surface area contributed by atoms with Gasteiger partial charge in [0.1, 0.15) is 0 Å². The van der Waals surface area contributed by atoms with Crippen LogP contribution in [0, 0.1) is 5.92 Å². The van der Waals surface area contributed by atoms with E-state index >= 15 is 0 Å². The summed E-state index contributed by atoms with van der Waals surface area (Å²) in [6.07, 6.45) is 11.2. The molecule has 0 saturated carbocycles. The summed E-state index contributed by atoms with van der Waals surface area (Å²) >= 11 is 0. The first kappa shape index (κ1) is 18.3. The van der Waals surface area contributed by atoms with Crippen LogP contribution >= 0.6 is 0 Å². The Morgan fingerprint density at radius 1 is 1.04 bits per heavy atom. The highest BCUT2D eigenvalue weighted by atomic mass is 14.3. The maximum Gasteiger partial charge on any atom is 0.0237 e. The molecule has 0 bridgehead atoms. The molecule has 0 heterocycles. The molecule has 0 aromatic heterocycles. The van der Waals surface area contributed by atoms with E-state index in [4.69, 9.17) is 0 Å². The van der Waals surface area contributed by atoms with Crippen molar-refractivity contribution in [1.82, 2.24) is 0 Å². The van der Waals surface area contributed by atoms with Gasteiger partial charge in [-0.25, -0.2) is 0 Å². The van der Waals surface area contributed by atoms with E-state index in [1.165, 1.54) is 27.9 Å². The molecule has 0 fully saturated rings. The molecule has 1 unspecified atom stereocenters. The van der Waals surface area contributed by atoms with Crippen molar-refractivity contribution in [2.45, 2.75) is 47.5 Å². The van der Waals surface area contributed by atoms with Gasteiger partial charge in [0.25, 0.3) is 0 Å². The summed E-state index contributed by atoms with van der Waals surface area (Å²) in [5.74, 6) is 0.475. The molecule has 0 radical (unpaired) electrons. The second-order valence-electron chi connectivity index (χ2n) is 7.30. The molecule has 0 amide bonds. The fraction of sp³-hybridized carbons (Fsp3) is 0.333. The summed E-state index contributed by atoms with van der Waals surface area (Å²) in [5, 5.41) is 0. The highest BCUT2D eigenvalue weighted by Gasteiger charge is 2.24. The SMILES string of the molecule is C=C(C)/C=C(/C(=C)C)C(=C)CCC1=C(C)C2C=C(C)C(C)=CC2=C1. The second kappa shape index (κ2) is 7.21. The summed E-state index contributed by atoms with van der Waals surface area (Å²) in [6, 6.07) is 0. The molecule has 0 aliphatic heterocycles. The Balaban J connectivity index is 2.14. The second-order valence-corrected chi connectivity index (χ2v) is 7.30. The first-order valence-electron chi connectivity index (χ1n) is 8.70. The van der Waals surface area contributed by atoms with Gasteiger partial charge in [0.15, 0.2) is 0 Å². The molecule has 0 nitrogen and oxygen atoms in total. The maximum absolute atomic E-state index is 4.29. The van der Waals surface area contributed by atoms with Gasteiger partial charge in [-0.15, -0.1) is 0 Å². The molecular formula is C24H30. The molecule has 0 saturated heterocycles. The van der Waals surface area contributed by atoms with Crippen LogP contribution in [0.25, 0.3) is 0 Å². The minimum Gasteiger partial charge on any atom is -0.0961 e. The molecule has 24 heavy (non-hydrogen) atoms. The minimum atomic E-state index is 0.475. The van der Waals surface area contributed by atoms with Crippen molar-refractivity contribution in [2.75, 3.05) is 0 Å². The molecule has 0 N–H and O–H groups in total. The molecule has 1 atom stereocenters. The third kappa shape index (κ3) is 3.87. The predicted octanol–water partition coefficient (Wildman–Crippen LogP) is 7.18. The van der Waals surface area contributed by atoms with E-state index in [2.05, 4.69) is 64.8 Å². The molecule has 2 aliphatic carbocycles. The van der Waals surface area contributed by atoms with Crippen LogP contribution in [0.2, 0.25) is 0 Å². The van der Waals surface area contributed by atoms with Gasteiger partial charge < -0.3 is 0 Å². The molecule has 2 rings (SSSR count). The van der Waals surface area contributed by atoms with Gasteiger partial charge in [0.2, 0.25) is 0 Å². The minimum absolute atomic E-state index is 0.475. The van der Waals surface area contributed by atoms with Gasteiger partial charge in [-0.1, -0.05) is 66.3 Å². The van der Waals surface area contributed by atoms with E-state index < -0.39 is 0 Å². The van der Waals surface area contributed by atoms with E-state index in [0.717, 1.165) is 35.1 Å². The predicted molar refractivity (Wildman–Crippen MR) is 108 cm³/mol. The number of fused-ring (bicyclic) bond motifs is 1. The zero-order valence-corrected chi connectivity index (χ0v) is 15.9. The van der Waals surface area contributed by atoms with Crippen LogP contribution in [0.15, 0.2) is 94.2 Å². The average Bonchev–Trinajstić information content (AvgIpc) is 2.78. The molecule has 0 heteroatoms. The maximum atomic E-state index is 4.29. The van der Waals surface area contributed by atoms with Gasteiger partial charge in [-0.05, 0) is 75.3 Å². The lowest BCUT2D eigenvalue weighted by atomic mass is 9.86. The van der Waals surface area contributed by atoms with E-state index in [-0.39, 0.29) is 0 Å². The van der Waals surface area contributed by atoms with Crippen molar-refractivity contribution in [2.24, 2.45) is 5.92 Å². The van der Waals surface area contributed by atoms with Gasteiger partial charge in [-0.2, -0.15) is 0 Å². The molecule has 2 aliphatic rings. The zero-order chi connectivity index (χ0) is 18.0. The summed E-state index contributed by atoms with van der Waals surface area (Å²) in [5.41, 5.74) is 11.6. The Labute approximate surface area is 148 Å². The quantitative estimate of drug-likeness (QED) is 0.455. The summed E-state index contributed by atoms with van der Waals surface area (Å²) < 4.78 is 0. The van der Waals surface area contributed by atoms with Crippen molar-refractivity contribution in [3.63, 3.8) is 0 Å². The van der Waals surface area contributed by atoms with E-state index in [1.54, 1.807) is 0 Å². The van der Waals surface area contributed by atoms with Crippen LogP contribution in [0.3, 0.4) is 0 Å². The molecular weight excluding hydrogens is 288 g/mol. The van der Waals surface area contributed by atoms with Crippen LogP contribution in [0.5, 0.6) is 0 Å². The highest BCUT2D eigenvalue weighted by Crippen LogP contribution is 2.40. The third-order valence-corrected chi connectivity index (χ3v) is 5.02. The monoisotopic (exact) mass is 318 g/mol. The molecule has 0 spiro atoms. The van der Waals surface area contributed by atoms with Crippen molar-refractivity contribution in [3.05, 3.63) is 94.2 Å². The van der Waals surface area contributed by atoms with Gasteiger partial charge in [0, 0.05) is 5.92 Å². The topological polar surface area (TPSA) is 0 Å². The van der Waals surface area contributed by atoms with E-state index in [1.807, 2.05) is 13.8 Å². The van der Waals surface area contributed by atoms with Gasteiger partial charge in [0.05, 0.1) is 0 Å². The number of hydrogen-bond acceptors (Lipinski definition) is 0. The van der Waals surface area contributed by atoms with Crippen LogP contribution in [0.1, 0.15) is 47.5 Å². The smallest absolute Gasteiger partial charge is 0.0237 e. The van der Waals surface area contributed by atoms with E-state index in [9.17, 15) is 0 Å². The first-order valence-corrected chi connectivity index (χ1v) is 8.70. The lowest BCUT2D eigenvalue weighted by Crippen LogP contribution is -2.04. The Bertz CT molecular complexity index is 754. The van der Waals surface area contributed by atoms with Crippen molar-refractivity contribution in [3.8, 4) is 0 Å². The summed E-state index contributed by atoms with van der Waals surface area (Å²) in [6.45, 7) is 23.1. The largest absolute Gasteiger partial charge is 0.0961 e. The zero-order valence-electron chi connectivity index (χ0n) is 15.9. The van der Waals surface area contributed by atoms with Crippen LogP contribution in [0.4, 0.5) is 0 Å². The molecule has 0 aromatic carbocycles. The van der Waals surface area contributed by atoms with Gasteiger partial charge >= 0.3 is 0 Å². The van der Waals surface area contributed by atoms with E-state index in [0.29, 0.717) is 5.92 Å². The normalized spacial score (nSPS) is 20.3. The number of allylic oxidation sites excluding steroid dienone is 13. The van der Waals surface area contributed by atoms with Crippen molar-refractivity contribution >= 4 is 0 Å². The highest BCUT2D eigenvalue weighted by molar-refractivity contribution is 5.55. The van der Waals surface area contributed by atoms with Crippen LogP contribution < -0.4 is 0 Å². The van der Waals surface area contributed by atoms with Crippen molar-refractivity contribution < 1.29 is 0 Å². The number of rotatable bonds is 6. The fourth-order valence-corrected chi connectivity index (χ4v) is 3.42. The summed E-state index contributed by atoms with van der Waals surface area (Å²) in [7, 11) is 0. The standard InChI is InChI=1S/C24H30/c1-15(2)11-23(16(3)4)17(5)9-10-21-14-22-12-18(6)19(7)13-24(22)20(21)8/h11-14,24H,1,3,5,9-10H2,2,4,6-8H3/b23-11-. The first-order chi connectivity index (χ1) is 11.2. The number of hydrogen-bond donors (Lipinski definition) is 0.